The summed E-state index contributed by atoms with van der Waals surface area (Å²) in [5.41, 5.74) is 7.47. The Labute approximate surface area is 226 Å². The number of nitrogens with zero attached hydrogens (tertiary/aromatic N) is 1. The maximum absolute atomic E-state index is 13.3. The van der Waals surface area contributed by atoms with Crippen LogP contribution in [0.5, 0.6) is 5.75 Å². The number of unbranched alkanes of at least 4 members (excludes halogenated alkanes) is 1. The number of hydrogen-bond donors (Lipinski definition) is 2. The van der Waals surface area contributed by atoms with Gasteiger partial charge in [0.05, 0.1) is 11.5 Å². The summed E-state index contributed by atoms with van der Waals surface area (Å²) < 4.78 is 36.1. The molecule has 1 saturated heterocycles. The van der Waals surface area contributed by atoms with E-state index in [1.165, 1.54) is 39.9 Å². The summed E-state index contributed by atoms with van der Waals surface area (Å²) in [6.07, 6.45) is 5.18. The molecule has 1 amide bonds. The molecule has 208 valence electrons. The molecule has 4 rings (SSSR count). The van der Waals surface area contributed by atoms with E-state index in [0.29, 0.717) is 12.4 Å². The topological polar surface area (TPSA) is 105 Å². The number of aryl methyl sites for hydroxylation is 2. The highest BCUT2D eigenvalue weighted by atomic mass is 32.2. The van der Waals surface area contributed by atoms with Crippen LogP contribution >= 0.6 is 0 Å². The third-order valence-electron chi connectivity index (χ3n) is 7.98. The maximum Gasteiger partial charge on any atom is 0.265 e. The number of fused-ring (bicyclic) bond motifs is 1. The first-order valence-electron chi connectivity index (χ1n) is 13.7. The summed E-state index contributed by atoms with van der Waals surface area (Å²) in [4.78, 5) is 14.9. The van der Waals surface area contributed by atoms with Crippen LogP contribution in [-0.2, 0) is 45.2 Å². The van der Waals surface area contributed by atoms with Crippen molar-refractivity contribution in [1.82, 2.24) is 10.4 Å². The van der Waals surface area contributed by atoms with Crippen LogP contribution in [0, 0.1) is 0 Å². The number of carbonyl (C=O) groups is 1. The Morgan fingerprint density at radius 1 is 1.05 bits per heavy atom. The molecule has 2 aliphatic heterocycles. The Morgan fingerprint density at radius 3 is 2.34 bits per heavy atom. The van der Waals surface area contributed by atoms with Gasteiger partial charge in [0, 0.05) is 26.3 Å². The lowest BCUT2D eigenvalue weighted by molar-refractivity contribution is -0.134. The van der Waals surface area contributed by atoms with Gasteiger partial charge in [-0.2, -0.15) is 0 Å². The van der Waals surface area contributed by atoms with E-state index < -0.39 is 20.5 Å². The van der Waals surface area contributed by atoms with Crippen LogP contribution in [0.4, 0.5) is 0 Å². The van der Waals surface area contributed by atoms with E-state index in [0.717, 1.165) is 51.7 Å². The fraction of sp³-hybridized carbons (Fsp3) is 0.552. The molecule has 38 heavy (non-hydrogen) atoms. The van der Waals surface area contributed by atoms with Crippen molar-refractivity contribution in [3.63, 3.8) is 0 Å². The number of benzene rings is 2. The lowest BCUT2D eigenvalue weighted by Gasteiger charge is -2.34. The zero-order chi connectivity index (χ0) is 27.2. The molecule has 0 aliphatic carbocycles. The Morgan fingerprint density at radius 2 is 1.71 bits per heavy atom. The van der Waals surface area contributed by atoms with Crippen LogP contribution in [0.15, 0.2) is 41.3 Å². The monoisotopic (exact) mass is 544 g/mol. The van der Waals surface area contributed by atoms with Gasteiger partial charge in [0.15, 0.2) is 14.6 Å². The van der Waals surface area contributed by atoms with Crippen molar-refractivity contribution in [2.75, 3.05) is 32.9 Å². The SMILES string of the molecule is CCc1cc2c(cc1CC)CN(CCCCOc1ccc(S(=O)(=O)C3(C(=O)NO)CCOCC3)cc1)CC2. The Kier molecular flexibility index (Phi) is 9.46. The van der Waals surface area contributed by atoms with Gasteiger partial charge in [-0.15, -0.1) is 0 Å². The predicted molar refractivity (Wildman–Crippen MR) is 145 cm³/mol. The highest BCUT2D eigenvalue weighted by molar-refractivity contribution is 7.93. The number of sulfone groups is 1. The molecule has 0 atom stereocenters. The quantitative estimate of drug-likeness (QED) is 0.251. The van der Waals surface area contributed by atoms with Crippen LogP contribution in [-0.4, -0.2) is 62.1 Å². The number of ether oxygens (including phenoxy) is 2. The molecule has 0 unspecified atom stereocenters. The van der Waals surface area contributed by atoms with Gasteiger partial charge in [0.25, 0.3) is 5.91 Å². The van der Waals surface area contributed by atoms with E-state index in [4.69, 9.17) is 9.47 Å². The molecule has 0 aromatic heterocycles. The van der Waals surface area contributed by atoms with Crippen molar-refractivity contribution < 1.29 is 27.9 Å². The maximum atomic E-state index is 13.3. The highest BCUT2D eigenvalue weighted by Crippen LogP contribution is 2.36. The van der Waals surface area contributed by atoms with E-state index in [2.05, 4.69) is 30.9 Å². The largest absolute Gasteiger partial charge is 0.494 e. The number of rotatable bonds is 11. The van der Waals surface area contributed by atoms with Gasteiger partial charge in [-0.25, -0.2) is 13.9 Å². The van der Waals surface area contributed by atoms with Crippen LogP contribution in [0.25, 0.3) is 0 Å². The minimum absolute atomic E-state index is 0.0118. The Bertz CT molecular complexity index is 1210. The molecule has 0 spiro atoms. The molecule has 2 aromatic carbocycles. The predicted octanol–water partition coefficient (Wildman–Crippen LogP) is 3.86. The number of nitrogens with one attached hydrogen (secondary N) is 1. The van der Waals surface area contributed by atoms with Crippen molar-refractivity contribution in [3.05, 3.63) is 58.7 Å². The minimum atomic E-state index is -4.04. The van der Waals surface area contributed by atoms with Crippen molar-refractivity contribution in [2.45, 2.75) is 75.0 Å². The summed E-state index contributed by atoms with van der Waals surface area (Å²) >= 11 is 0. The van der Waals surface area contributed by atoms with E-state index in [-0.39, 0.29) is 31.0 Å². The minimum Gasteiger partial charge on any atom is -0.494 e. The van der Waals surface area contributed by atoms with Crippen LogP contribution < -0.4 is 10.2 Å². The first-order chi connectivity index (χ1) is 18.3. The lowest BCUT2D eigenvalue weighted by Crippen LogP contribution is -2.54. The summed E-state index contributed by atoms with van der Waals surface area (Å²) in [5.74, 6) is -0.336. The van der Waals surface area contributed by atoms with Gasteiger partial charge >= 0.3 is 0 Å². The van der Waals surface area contributed by atoms with Crippen molar-refractivity contribution in [1.29, 1.82) is 0 Å². The molecule has 2 aromatic rings. The zero-order valence-corrected chi connectivity index (χ0v) is 23.3. The molecule has 0 bridgehead atoms. The number of hydrogen-bond acceptors (Lipinski definition) is 7. The van der Waals surface area contributed by atoms with E-state index in [1.54, 1.807) is 12.1 Å². The zero-order valence-electron chi connectivity index (χ0n) is 22.5. The van der Waals surface area contributed by atoms with E-state index in [9.17, 15) is 18.4 Å². The van der Waals surface area contributed by atoms with Crippen LogP contribution in [0.2, 0.25) is 0 Å². The third-order valence-corrected chi connectivity index (χ3v) is 10.5. The standard InChI is InChI=1S/C29H40N2O6S/c1-3-22-19-24-11-15-31(21-25(24)20-23(22)4-2)14-5-6-16-37-26-7-9-27(10-8-26)38(34,35)29(28(32)30-33)12-17-36-18-13-29/h7-10,19-20,33H,3-6,11-18,21H2,1-2H3,(H,30,32). The second-order valence-corrected chi connectivity index (χ2v) is 12.5. The number of amides is 1. The highest BCUT2D eigenvalue weighted by Gasteiger charge is 2.52. The van der Waals surface area contributed by atoms with E-state index >= 15 is 0 Å². The first-order valence-corrected chi connectivity index (χ1v) is 15.2. The molecular formula is C29H40N2O6S. The lowest BCUT2D eigenvalue weighted by atomic mass is 9.91. The van der Waals surface area contributed by atoms with E-state index in [1.807, 2.05) is 0 Å². The fourth-order valence-electron chi connectivity index (χ4n) is 5.61. The summed E-state index contributed by atoms with van der Waals surface area (Å²) in [6.45, 7) is 8.39. The van der Waals surface area contributed by atoms with Crippen LogP contribution in [0.1, 0.15) is 61.8 Å². The normalized spacial score (nSPS) is 17.6. The molecule has 9 heteroatoms. The van der Waals surface area contributed by atoms with Crippen molar-refractivity contribution in [3.8, 4) is 5.75 Å². The van der Waals surface area contributed by atoms with Gasteiger partial charge in [-0.1, -0.05) is 26.0 Å². The molecule has 8 nitrogen and oxygen atoms in total. The molecule has 2 aliphatic rings. The first kappa shape index (κ1) is 28.5. The van der Waals surface area contributed by atoms with Gasteiger partial charge in [0.1, 0.15) is 5.75 Å². The van der Waals surface area contributed by atoms with Gasteiger partial charge in [0.2, 0.25) is 0 Å². The van der Waals surface area contributed by atoms with Crippen molar-refractivity contribution in [2.24, 2.45) is 0 Å². The molecule has 0 saturated carbocycles. The summed E-state index contributed by atoms with van der Waals surface area (Å²) in [6, 6.07) is 11.0. The number of hydroxylamine groups is 1. The fourth-order valence-corrected chi connectivity index (χ4v) is 7.55. The summed E-state index contributed by atoms with van der Waals surface area (Å²) in [7, 11) is -4.04. The summed E-state index contributed by atoms with van der Waals surface area (Å²) in [5, 5.41) is 9.19. The van der Waals surface area contributed by atoms with Crippen molar-refractivity contribution >= 4 is 15.7 Å². The Balaban J connectivity index is 1.26. The second kappa shape index (κ2) is 12.6. The van der Waals surface area contributed by atoms with Crippen LogP contribution in [0.3, 0.4) is 0 Å². The second-order valence-electron chi connectivity index (χ2n) is 10.2. The van der Waals surface area contributed by atoms with Gasteiger partial charge in [-0.05, 0) is 98.0 Å². The molecule has 2 N–H and O–H groups in total. The van der Waals surface area contributed by atoms with Gasteiger partial charge < -0.3 is 9.47 Å². The number of carbonyl (C=O) groups excluding carboxylic acids is 1. The average Bonchev–Trinajstić information content (AvgIpc) is 2.96. The average molecular weight is 545 g/mol. The smallest absolute Gasteiger partial charge is 0.265 e. The third kappa shape index (κ3) is 5.91. The molecule has 2 heterocycles. The molecule has 0 radical (unpaired) electrons. The molecule has 1 fully saturated rings. The molecular weight excluding hydrogens is 504 g/mol. The Hall–Kier alpha value is -2.46. The van der Waals surface area contributed by atoms with Gasteiger partial charge in [-0.3, -0.25) is 14.9 Å².